The molecule has 2 aromatic rings. The number of hydrogen-bond acceptors (Lipinski definition) is 5. The van der Waals surface area contributed by atoms with E-state index in [-0.39, 0.29) is 11.4 Å². The predicted octanol–water partition coefficient (Wildman–Crippen LogP) is 2.41. The normalized spacial score (nSPS) is 11.3. The van der Waals surface area contributed by atoms with E-state index in [9.17, 15) is 8.42 Å². The standard InChI is InChI=1S/C17H23N3O3S/c1-12-9-13(2)17(10-16(12)23-4)24(21,22)20-8-7-19-15-5-6-18-11-14(15)3/h5-6,9-11,20H,7-8H2,1-4H3,(H,18,19). The Morgan fingerprint density at radius 3 is 2.50 bits per heavy atom. The third-order valence-electron chi connectivity index (χ3n) is 3.73. The van der Waals surface area contributed by atoms with Crippen LogP contribution in [0.4, 0.5) is 5.69 Å². The Morgan fingerprint density at radius 1 is 1.08 bits per heavy atom. The van der Waals surface area contributed by atoms with Gasteiger partial charge in [-0.25, -0.2) is 13.1 Å². The number of nitrogens with zero attached hydrogens (tertiary/aromatic N) is 1. The molecule has 0 radical (unpaired) electrons. The van der Waals surface area contributed by atoms with Crippen LogP contribution < -0.4 is 14.8 Å². The second kappa shape index (κ2) is 7.63. The summed E-state index contributed by atoms with van der Waals surface area (Å²) in [7, 11) is -2.06. The van der Waals surface area contributed by atoms with Gasteiger partial charge in [-0.05, 0) is 43.5 Å². The van der Waals surface area contributed by atoms with Crippen LogP contribution >= 0.6 is 0 Å². The SMILES string of the molecule is COc1cc(S(=O)(=O)NCCNc2ccncc2C)c(C)cc1C. The molecule has 2 rings (SSSR count). The molecule has 0 atom stereocenters. The predicted molar refractivity (Wildman–Crippen MR) is 95.1 cm³/mol. The van der Waals surface area contributed by atoms with E-state index in [1.54, 1.807) is 25.4 Å². The lowest BCUT2D eigenvalue weighted by Gasteiger charge is -2.13. The van der Waals surface area contributed by atoms with Crippen molar-refractivity contribution >= 4 is 15.7 Å². The van der Waals surface area contributed by atoms with Crippen LogP contribution in [0, 0.1) is 20.8 Å². The average Bonchev–Trinajstić information content (AvgIpc) is 2.53. The summed E-state index contributed by atoms with van der Waals surface area (Å²) in [5.41, 5.74) is 3.55. The Morgan fingerprint density at radius 2 is 1.83 bits per heavy atom. The lowest BCUT2D eigenvalue weighted by molar-refractivity contribution is 0.410. The number of pyridine rings is 1. The van der Waals surface area contributed by atoms with Gasteiger partial charge in [-0.1, -0.05) is 6.07 Å². The maximum absolute atomic E-state index is 12.5. The van der Waals surface area contributed by atoms with Gasteiger partial charge in [-0.15, -0.1) is 0 Å². The number of anilines is 1. The van der Waals surface area contributed by atoms with Crippen LogP contribution in [0.5, 0.6) is 5.75 Å². The van der Waals surface area contributed by atoms with Crippen LogP contribution in [-0.4, -0.2) is 33.6 Å². The first-order chi connectivity index (χ1) is 11.3. The van der Waals surface area contributed by atoms with Crippen molar-refractivity contribution in [2.45, 2.75) is 25.7 Å². The number of benzene rings is 1. The third-order valence-corrected chi connectivity index (χ3v) is 5.34. The van der Waals surface area contributed by atoms with Gasteiger partial charge in [0.25, 0.3) is 0 Å². The molecular weight excluding hydrogens is 326 g/mol. The molecule has 1 aromatic carbocycles. The zero-order valence-corrected chi connectivity index (χ0v) is 15.2. The summed E-state index contributed by atoms with van der Waals surface area (Å²) in [6, 6.07) is 5.23. The van der Waals surface area contributed by atoms with Crippen molar-refractivity contribution in [3.63, 3.8) is 0 Å². The number of methoxy groups -OCH3 is 1. The van der Waals surface area contributed by atoms with Crippen LogP contribution in [0.2, 0.25) is 0 Å². The van der Waals surface area contributed by atoms with Gasteiger partial charge in [-0.3, -0.25) is 4.98 Å². The van der Waals surface area contributed by atoms with Crippen molar-refractivity contribution in [3.05, 3.63) is 47.3 Å². The lowest BCUT2D eigenvalue weighted by Crippen LogP contribution is -2.29. The quantitative estimate of drug-likeness (QED) is 0.750. The molecule has 24 heavy (non-hydrogen) atoms. The fourth-order valence-corrected chi connectivity index (χ4v) is 3.73. The summed E-state index contributed by atoms with van der Waals surface area (Å²) < 4.78 is 32.8. The number of hydrogen-bond donors (Lipinski definition) is 2. The minimum atomic E-state index is -3.59. The van der Waals surface area contributed by atoms with Gasteiger partial charge in [-0.2, -0.15) is 0 Å². The first kappa shape index (κ1) is 18.2. The number of ether oxygens (including phenoxy) is 1. The molecular formula is C17H23N3O3S. The average molecular weight is 349 g/mol. The van der Waals surface area contributed by atoms with Gasteiger partial charge < -0.3 is 10.1 Å². The van der Waals surface area contributed by atoms with E-state index >= 15 is 0 Å². The monoisotopic (exact) mass is 349 g/mol. The van der Waals surface area contributed by atoms with Gasteiger partial charge in [0.1, 0.15) is 5.75 Å². The molecule has 0 unspecified atom stereocenters. The number of rotatable bonds is 7. The smallest absolute Gasteiger partial charge is 0.241 e. The van der Waals surface area contributed by atoms with Gasteiger partial charge >= 0.3 is 0 Å². The Balaban J connectivity index is 2.03. The summed E-state index contributed by atoms with van der Waals surface area (Å²) in [4.78, 5) is 4.26. The number of aromatic nitrogens is 1. The van der Waals surface area contributed by atoms with E-state index in [0.29, 0.717) is 17.9 Å². The molecule has 0 spiro atoms. The molecule has 0 aliphatic carbocycles. The van der Waals surface area contributed by atoms with Gasteiger partial charge in [0.2, 0.25) is 10.0 Å². The number of aryl methyl sites for hydroxylation is 3. The maximum Gasteiger partial charge on any atom is 0.241 e. The highest BCUT2D eigenvalue weighted by Crippen LogP contribution is 2.25. The first-order valence-electron chi connectivity index (χ1n) is 7.64. The Kier molecular flexibility index (Phi) is 5.80. The second-order valence-corrected chi connectivity index (χ2v) is 7.34. The highest BCUT2D eigenvalue weighted by Gasteiger charge is 2.18. The van der Waals surface area contributed by atoms with E-state index in [4.69, 9.17) is 4.74 Å². The van der Waals surface area contributed by atoms with Gasteiger partial charge in [0, 0.05) is 37.2 Å². The lowest BCUT2D eigenvalue weighted by atomic mass is 10.1. The molecule has 0 saturated heterocycles. The van der Waals surface area contributed by atoms with Crippen molar-refractivity contribution in [1.29, 1.82) is 0 Å². The highest BCUT2D eigenvalue weighted by molar-refractivity contribution is 7.89. The molecule has 6 nitrogen and oxygen atoms in total. The largest absolute Gasteiger partial charge is 0.496 e. The molecule has 7 heteroatoms. The summed E-state index contributed by atoms with van der Waals surface area (Å²) in [5.74, 6) is 0.562. The molecule has 0 fully saturated rings. The molecule has 0 aliphatic heterocycles. The van der Waals surface area contributed by atoms with E-state index in [1.807, 2.05) is 26.0 Å². The fraction of sp³-hybridized carbons (Fsp3) is 0.353. The van der Waals surface area contributed by atoms with Gasteiger partial charge in [0.05, 0.1) is 12.0 Å². The van der Waals surface area contributed by atoms with Crippen molar-refractivity contribution in [2.24, 2.45) is 0 Å². The van der Waals surface area contributed by atoms with Crippen LogP contribution in [0.3, 0.4) is 0 Å². The van der Waals surface area contributed by atoms with E-state index in [2.05, 4.69) is 15.0 Å². The first-order valence-corrected chi connectivity index (χ1v) is 9.13. The summed E-state index contributed by atoms with van der Waals surface area (Å²) in [5, 5.41) is 3.19. The van der Waals surface area contributed by atoms with Crippen molar-refractivity contribution in [1.82, 2.24) is 9.71 Å². The number of nitrogens with one attached hydrogen (secondary N) is 2. The van der Waals surface area contributed by atoms with E-state index in [1.165, 1.54) is 7.11 Å². The molecule has 0 aliphatic rings. The van der Waals surface area contributed by atoms with E-state index < -0.39 is 10.0 Å². The maximum atomic E-state index is 12.5. The van der Waals surface area contributed by atoms with Crippen LogP contribution in [-0.2, 0) is 10.0 Å². The second-order valence-electron chi connectivity index (χ2n) is 5.60. The Bertz CT molecular complexity index is 820. The van der Waals surface area contributed by atoms with Crippen LogP contribution in [0.15, 0.2) is 35.5 Å². The van der Waals surface area contributed by atoms with Crippen molar-refractivity contribution in [2.75, 3.05) is 25.5 Å². The molecule has 130 valence electrons. The molecule has 0 amide bonds. The number of sulfonamides is 1. The summed E-state index contributed by atoms with van der Waals surface area (Å²) in [6.07, 6.45) is 3.45. The summed E-state index contributed by atoms with van der Waals surface area (Å²) >= 11 is 0. The highest BCUT2D eigenvalue weighted by atomic mass is 32.2. The molecule has 1 heterocycles. The third kappa shape index (κ3) is 4.24. The zero-order chi connectivity index (χ0) is 17.7. The van der Waals surface area contributed by atoms with Crippen molar-refractivity contribution in [3.8, 4) is 5.75 Å². The summed E-state index contributed by atoms with van der Waals surface area (Å²) in [6.45, 7) is 6.36. The molecule has 2 N–H and O–H groups in total. The molecule has 0 saturated carbocycles. The van der Waals surface area contributed by atoms with Gasteiger partial charge in [0.15, 0.2) is 0 Å². The molecule has 1 aromatic heterocycles. The Labute approximate surface area is 143 Å². The van der Waals surface area contributed by atoms with Crippen molar-refractivity contribution < 1.29 is 13.2 Å². The fourth-order valence-electron chi connectivity index (χ4n) is 2.46. The minimum absolute atomic E-state index is 0.241. The zero-order valence-electron chi connectivity index (χ0n) is 14.4. The topological polar surface area (TPSA) is 80.3 Å². The van der Waals surface area contributed by atoms with Crippen LogP contribution in [0.25, 0.3) is 0 Å². The minimum Gasteiger partial charge on any atom is -0.496 e. The molecule has 0 bridgehead atoms. The Hall–Kier alpha value is -2.12. The van der Waals surface area contributed by atoms with E-state index in [0.717, 1.165) is 16.8 Å². The van der Waals surface area contributed by atoms with Crippen LogP contribution in [0.1, 0.15) is 16.7 Å².